The van der Waals surface area contributed by atoms with Crippen molar-refractivity contribution >= 4 is 11.9 Å². The summed E-state index contributed by atoms with van der Waals surface area (Å²) in [5, 5.41) is 2.66. The van der Waals surface area contributed by atoms with Crippen molar-refractivity contribution in [3.63, 3.8) is 0 Å². The number of amides is 3. The zero-order chi connectivity index (χ0) is 16.6. The summed E-state index contributed by atoms with van der Waals surface area (Å²) >= 11 is 0. The van der Waals surface area contributed by atoms with Crippen LogP contribution in [-0.4, -0.2) is 59.6 Å². The molecule has 1 saturated carbocycles. The summed E-state index contributed by atoms with van der Waals surface area (Å²) in [6.07, 6.45) is 1.15. The maximum Gasteiger partial charge on any atom is 0.406 e. The van der Waals surface area contributed by atoms with Crippen LogP contribution in [0.4, 0.5) is 18.0 Å². The van der Waals surface area contributed by atoms with Gasteiger partial charge in [0.05, 0.1) is 0 Å². The second-order valence-electron chi connectivity index (χ2n) is 6.76. The van der Waals surface area contributed by atoms with E-state index in [1.165, 1.54) is 0 Å². The molecule has 3 atom stereocenters. The van der Waals surface area contributed by atoms with Gasteiger partial charge in [0.2, 0.25) is 5.91 Å². The summed E-state index contributed by atoms with van der Waals surface area (Å²) in [5.74, 6) is -0.0915. The zero-order valence-corrected chi connectivity index (χ0v) is 12.9. The molecule has 3 fully saturated rings. The molecular formula is C15H22F3N3O2. The Kier molecular flexibility index (Phi) is 4.42. The normalized spacial score (nSPS) is 31.4. The Labute approximate surface area is 133 Å². The molecule has 0 aromatic heterocycles. The Hall–Kier alpha value is -1.47. The predicted molar refractivity (Wildman–Crippen MR) is 76.6 cm³/mol. The molecule has 23 heavy (non-hydrogen) atoms. The quantitative estimate of drug-likeness (QED) is 0.842. The fourth-order valence-electron chi connectivity index (χ4n) is 4.18. The number of halogens is 3. The van der Waals surface area contributed by atoms with Gasteiger partial charge in [0.1, 0.15) is 12.6 Å². The molecule has 2 heterocycles. The van der Waals surface area contributed by atoms with Gasteiger partial charge in [0.15, 0.2) is 0 Å². The van der Waals surface area contributed by atoms with Crippen LogP contribution in [0.25, 0.3) is 0 Å². The van der Waals surface area contributed by atoms with Crippen molar-refractivity contribution in [3.05, 3.63) is 0 Å². The van der Waals surface area contributed by atoms with Gasteiger partial charge in [0, 0.05) is 19.1 Å². The second kappa shape index (κ2) is 6.20. The molecule has 3 rings (SSSR count). The van der Waals surface area contributed by atoms with E-state index in [0.717, 1.165) is 37.0 Å². The number of hydrogen-bond donors (Lipinski definition) is 1. The number of nitrogens with one attached hydrogen (secondary N) is 1. The molecule has 130 valence electrons. The van der Waals surface area contributed by atoms with Crippen molar-refractivity contribution < 1.29 is 22.8 Å². The van der Waals surface area contributed by atoms with Crippen molar-refractivity contribution in [2.24, 2.45) is 5.92 Å². The summed E-state index contributed by atoms with van der Waals surface area (Å²) < 4.78 is 37.3. The average molecular weight is 333 g/mol. The Morgan fingerprint density at radius 3 is 2.61 bits per heavy atom. The third kappa shape index (κ3) is 3.55. The smallest absolute Gasteiger partial charge is 0.332 e. The second-order valence-corrected chi connectivity index (χ2v) is 6.76. The Morgan fingerprint density at radius 2 is 1.87 bits per heavy atom. The number of alkyl halides is 3. The lowest BCUT2D eigenvalue weighted by atomic mass is 9.92. The molecule has 2 saturated heterocycles. The van der Waals surface area contributed by atoms with Crippen molar-refractivity contribution in [2.75, 3.05) is 19.6 Å². The van der Waals surface area contributed by atoms with E-state index in [-0.39, 0.29) is 25.0 Å². The highest BCUT2D eigenvalue weighted by molar-refractivity contribution is 5.88. The summed E-state index contributed by atoms with van der Waals surface area (Å²) in [7, 11) is 0. The van der Waals surface area contributed by atoms with Crippen molar-refractivity contribution in [1.29, 1.82) is 0 Å². The van der Waals surface area contributed by atoms with Crippen LogP contribution in [0.15, 0.2) is 0 Å². The molecule has 1 N–H and O–H groups in total. The molecule has 0 spiro atoms. The number of carbonyl (C=O) groups is 2. The average Bonchev–Trinajstić information content (AvgIpc) is 3.07. The Bertz CT molecular complexity index is 483. The number of piperidine rings is 1. The minimum Gasteiger partial charge on any atom is -0.332 e. The molecule has 0 aromatic carbocycles. The first-order chi connectivity index (χ1) is 10.8. The Morgan fingerprint density at radius 1 is 1.13 bits per heavy atom. The van der Waals surface area contributed by atoms with Gasteiger partial charge in [-0.05, 0) is 38.0 Å². The summed E-state index contributed by atoms with van der Waals surface area (Å²) in [4.78, 5) is 27.0. The van der Waals surface area contributed by atoms with E-state index in [9.17, 15) is 22.8 Å². The van der Waals surface area contributed by atoms with Gasteiger partial charge in [-0.25, -0.2) is 4.79 Å². The molecule has 5 nitrogen and oxygen atoms in total. The minimum atomic E-state index is -4.40. The molecule has 0 radical (unpaired) electrons. The van der Waals surface area contributed by atoms with Crippen molar-refractivity contribution in [1.82, 2.24) is 15.1 Å². The molecule has 2 aliphatic heterocycles. The van der Waals surface area contributed by atoms with Gasteiger partial charge in [-0.2, -0.15) is 13.2 Å². The van der Waals surface area contributed by atoms with Crippen LogP contribution in [0.2, 0.25) is 0 Å². The molecule has 1 aliphatic carbocycles. The van der Waals surface area contributed by atoms with E-state index in [0.29, 0.717) is 12.5 Å². The number of nitrogens with zero attached hydrogens (tertiary/aromatic N) is 2. The van der Waals surface area contributed by atoms with Gasteiger partial charge in [-0.15, -0.1) is 0 Å². The third-order valence-electron chi connectivity index (χ3n) is 5.22. The lowest BCUT2D eigenvalue weighted by Crippen LogP contribution is -2.54. The first kappa shape index (κ1) is 16.4. The first-order valence-corrected chi connectivity index (χ1v) is 8.28. The molecule has 0 bridgehead atoms. The van der Waals surface area contributed by atoms with Gasteiger partial charge in [-0.1, -0.05) is 6.42 Å². The van der Waals surface area contributed by atoms with Gasteiger partial charge in [0.25, 0.3) is 0 Å². The fraction of sp³-hybridized carbons (Fsp3) is 0.867. The van der Waals surface area contributed by atoms with Gasteiger partial charge >= 0.3 is 12.2 Å². The zero-order valence-electron chi connectivity index (χ0n) is 12.9. The maximum absolute atomic E-state index is 12.5. The molecule has 8 heteroatoms. The van der Waals surface area contributed by atoms with Crippen LogP contribution in [0.5, 0.6) is 0 Å². The Balaban J connectivity index is 1.57. The summed E-state index contributed by atoms with van der Waals surface area (Å²) in [6.45, 7) is -0.540. The molecular weight excluding hydrogens is 311 g/mol. The largest absolute Gasteiger partial charge is 0.406 e. The van der Waals surface area contributed by atoms with Crippen LogP contribution in [0.1, 0.15) is 38.5 Å². The number of likely N-dealkylation sites (tertiary alicyclic amines) is 2. The van der Waals surface area contributed by atoms with Crippen molar-refractivity contribution in [3.8, 4) is 0 Å². The lowest BCUT2D eigenvalue weighted by Gasteiger charge is -2.38. The predicted octanol–water partition coefficient (Wildman–Crippen LogP) is 2.12. The fourth-order valence-corrected chi connectivity index (χ4v) is 4.18. The van der Waals surface area contributed by atoms with Crippen LogP contribution < -0.4 is 5.32 Å². The topological polar surface area (TPSA) is 52.7 Å². The van der Waals surface area contributed by atoms with Gasteiger partial charge in [-0.3, -0.25) is 4.79 Å². The number of hydrogen-bond acceptors (Lipinski definition) is 2. The number of urea groups is 1. The highest BCUT2D eigenvalue weighted by Crippen LogP contribution is 2.36. The number of rotatable bonds is 2. The minimum absolute atomic E-state index is 0.0370. The van der Waals surface area contributed by atoms with Gasteiger partial charge < -0.3 is 15.1 Å². The van der Waals surface area contributed by atoms with Crippen LogP contribution >= 0.6 is 0 Å². The van der Waals surface area contributed by atoms with E-state index in [4.69, 9.17) is 0 Å². The summed E-state index contributed by atoms with van der Waals surface area (Å²) in [6, 6.07) is -0.896. The van der Waals surface area contributed by atoms with E-state index in [2.05, 4.69) is 5.32 Å². The third-order valence-corrected chi connectivity index (χ3v) is 5.22. The maximum atomic E-state index is 12.5. The van der Waals surface area contributed by atoms with E-state index >= 15 is 0 Å². The van der Waals surface area contributed by atoms with Crippen LogP contribution in [-0.2, 0) is 4.79 Å². The highest BCUT2D eigenvalue weighted by atomic mass is 19.4. The van der Waals surface area contributed by atoms with Crippen LogP contribution in [0.3, 0.4) is 0 Å². The molecule has 0 aromatic rings. The summed E-state index contributed by atoms with van der Waals surface area (Å²) in [5.41, 5.74) is 0. The standard InChI is InChI=1S/C15H22F3N3O2/c16-15(17,18)9-20-8-6-11(13(20)22)19-14(23)21-7-2-4-10-3-1-5-12(10)21/h10-12H,1-9H2,(H,19,23)/t10-,11+,12-/m0/s1. The van der Waals surface area contributed by atoms with E-state index < -0.39 is 24.7 Å². The number of carbonyl (C=O) groups excluding carboxylic acids is 2. The van der Waals surface area contributed by atoms with E-state index in [1.54, 1.807) is 4.90 Å². The lowest BCUT2D eigenvalue weighted by molar-refractivity contribution is -0.157. The SMILES string of the molecule is O=C1[C@H](NC(=O)N2CCC[C@@H]3CCC[C@@H]32)CCN1CC(F)(F)F. The highest BCUT2D eigenvalue weighted by Gasteiger charge is 2.42. The molecule has 0 unspecified atom stereocenters. The number of fused-ring (bicyclic) bond motifs is 1. The van der Waals surface area contributed by atoms with Crippen LogP contribution in [0, 0.1) is 5.92 Å². The monoisotopic (exact) mass is 333 g/mol. The van der Waals surface area contributed by atoms with Crippen molar-refractivity contribution in [2.45, 2.75) is 56.8 Å². The molecule has 3 aliphatic rings. The first-order valence-electron chi connectivity index (χ1n) is 8.28. The van der Waals surface area contributed by atoms with E-state index in [1.807, 2.05) is 0 Å². The molecule has 3 amide bonds.